The molecular formula is C30H26N2O. The summed E-state index contributed by atoms with van der Waals surface area (Å²) in [5.41, 5.74) is 6.29. The molecule has 0 saturated carbocycles. The molecule has 1 aliphatic rings. The molecule has 0 radical (unpaired) electrons. The van der Waals surface area contributed by atoms with Crippen LogP contribution in [0.2, 0.25) is 0 Å². The van der Waals surface area contributed by atoms with Crippen LogP contribution in [0, 0.1) is 11.8 Å². The van der Waals surface area contributed by atoms with E-state index in [1.807, 2.05) is 24.3 Å². The predicted octanol–water partition coefficient (Wildman–Crippen LogP) is 9.02. The van der Waals surface area contributed by atoms with Crippen LogP contribution < -0.4 is 4.90 Å². The van der Waals surface area contributed by atoms with Gasteiger partial charge in [0.2, 0.25) is 0 Å². The molecule has 3 heteroatoms. The number of nitrogens with zero attached hydrogens (tertiary/aromatic N) is 2. The van der Waals surface area contributed by atoms with Gasteiger partial charge in [-0.1, -0.05) is 77.9 Å². The van der Waals surface area contributed by atoms with E-state index in [0.29, 0.717) is 5.69 Å². The van der Waals surface area contributed by atoms with Crippen LogP contribution in [-0.4, -0.2) is 0 Å². The lowest BCUT2D eigenvalue weighted by Gasteiger charge is -2.30. The Kier molecular flexibility index (Phi) is 5.62. The zero-order valence-electron chi connectivity index (χ0n) is 19.0. The van der Waals surface area contributed by atoms with Crippen LogP contribution in [0.3, 0.4) is 0 Å². The van der Waals surface area contributed by atoms with E-state index >= 15 is 0 Å². The van der Waals surface area contributed by atoms with E-state index in [-0.39, 0.29) is 0 Å². The SMILES string of the molecule is CC1=C/C=C(/N(c2ccc(C)cc2)c2ccc(N=O)c3c2ccc2ccccc23)CCC=C1. The van der Waals surface area contributed by atoms with E-state index in [4.69, 9.17) is 0 Å². The zero-order valence-corrected chi connectivity index (χ0v) is 19.0. The Morgan fingerprint density at radius 1 is 0.818 bits per heavy atom. The van der Waals surface area contributed by atoms with E-state index in [9.17, 15) is 4.91 Å². The largest absolute Gasteiger partial charge is 0.314 e. The van der Waals surface area contributed by atoms with Crippen molar-refractivity contribution in [2.75, 3.05) is 4.90 Å². The number of rotatable bonds is 4. The predicted molar refractivity (Wildman–Crippen MR) is 140 cm³/mol. The Labute approximate surface area is 194 Å². The summed E-state index contributed by atoms with van der Waals surface area (Å²) in [6, 6.07) is 24.9. The van der Waals surface area contributed by atoms with Crippen molar-refractivity contribution in [2.45, 2.75) is 26.7 Å². The summed E-state index contributed by atoms with van der Waals surface area (Å²) >= 11 is 0. The molecule has 0 saturated heterocycles. The van der Waals surface area contributed by atoms with Gasteiger partial charge in [-0.05, 0) is 73.0 Å². The molecule has 162 valence electrons. The standard InChI is InChI=1S/C30H26N2O/c1-21-7-3-5-9-24(15-11-21)32(25-16-12-22(2)13-17-25)29-20-19-28(31-33)30-26-10-6-4-8-23(26)14-18-27(29)30/h3-4,6-8,10-20H,5,9H2,1-2H3/b7-3?,21-11?,24-15+. The average Bonchev–Trinajstić information content (AvgIpc) is 2.84. The van der Waals surface area contributed by atoms with Crippen LogP contribution in [0.25, 0.3) is 21.5 Å². The highest BCUT2D eigenvalue weighted by Gasteiger charge is 2.19. The number of allylic oxidation sites excluding steroid dienone is 6. The van der Waals surface area contributed by atoms with Crippen molar-refractivity contribution >= 4 is 38.6 Å². The number of nitroso groups, excluding NO2 is 1. The molecule has 1 aliphatic carbocycles. The first-order chi connectivity index (χ1) is 16.2. The molecule has 0 atom stereocenters. The molecule has 0 unspecified atom stereocenters. The van der Waals surface area contributed by atoms with E-state index in [1.165, 1.54) is 16.8 Å². The summed E-state index contributed by atoms with van der Waals surface area (Å²) in [4.78, 5) is 14.1. The second kappa shape index (κ2) is 8.87. The normalized spacial score (nSPS) is 15.5. The molecule has 0 N–H and O–H groups in total. The molecule has 0 heterocycles. The smallest absolute Gasteiger partial charge is 0.116 e. The lowest BCUT2D eigenvalue weighted by atomic mass is 9.98. The summed E-state index contributed by atoms with van der Waals surface area (Å²) in [7, 11) is 0. The Hall–Kier alpha value is -3.98. The van der Waals surface area contributed by atoms with Crippen LogP contribution in [0.1, 0.15) is 25.3 Å². The van der Waals surface area contributed by atoms with Crippen LogP contribution in [0.5, 0.6) is 0 Å². The summed E-state index contributed by atoms with van der Waals surface area (Å²) in [6.45, 7) is 4.23. The molecule has 0 spiro atoms. The van der Waals surface area contributed by atoms with Crippen molar-refractivity contribution in [2.24, 2.45) is 5.18 Å². The van der Waals surface area contributed by atoms with Crippen molar-refractivity contribution in [3.63, 3.8) is 0 Å². The van der Waals surface area contributed by atoms with Crippen molar-refractivity contribution < 1.29 is 0 Å². The number of anilines is 2. The maximum absolute atomic E-state index is 11.8. The summed E-state index contributed by atoms with van der Waals surface area (Å²) in [5, 5.41) is 7.44. The van der Waals surface area contributed by atoms with Gasteiger partial charge in [-0.15, -0.1) is 4.91 Å². The lowest BCUT2D eigenvalue weighted by molar-refractivity contribution is 0.929. The first kappa shape index (κ1) is 20.9. The number of aryl methyl sites for hydroxylation is 1. The number of hydrogen-bond donors (Lipinski definition) is 0. The monoisotopic (exact) mass is 430 g/mol. The first-order valence-electron chi connectivity index (χ1n) is 11.3. The summed E-state index contributed by atoms with van der Waals surface area (Å²) in [5.74, 6) is 0. The van der Waals surface area contributed by atoms with E-state index in [0.717, 1.165) is 45.8 Å². The number of benzene rings is 4. The van der Waals surface area contributed by atoms with E-state index in [1.54, 1.807) is 0 Å². The summed E-state index contributed by atoms with van der Waals surface area (Å²) in [6.07, 6.45) is 10.7. The van der Waals surface area contributed by atoms with Crippen molar-refractivity contribution in [1.29, 1.82) is 0 Å². The Balaban J connectivity index is 1.81. The fourth-order valence-corrected chi connectivity index (χ4v) is 4.57. The van der Waals surface area contributed by atoms with Crippen LogP contribution in [0.15, 0.2) is 114 Å². The first-order valence-corrected chi connectivity index (χ1v) is 11.3. The second-order valence-electron chi connectivity index (χ2n) is 8.59. The van der Waals surface area contributed by atoms with Crippen molar-refractivity contribution in [3.8, 4) is 0 Å². The highest BCUT2D eigenvalue weighted by atomic mass is 16.3. The zero-order chi connectivity index (χ0) is 22.8. The van der Waals surface area contributed by atoms with Gasteiger partial charge in [0, 0.05) is 22.2 Å². The van der Waals surface area contributed by atoms with Gasteiger partial charge in [-0.25, -0.2) is 0 Å². The molecule has 33 heavy (non-hydrogen) atoms. The Morgan fingerprint density at radius 3 is 2.45 bits per heavy atom. The fraction of sp³-hybridized carbons (Fsp3) is 0.133. The average molecular weight is 431 g/mol. The molecule has 4 aromatic rings. The van der Waals surface area contributed by atoms with Crippen molar-refractivity contribution in [1.82, 2.24) is 0 Å². The minimum absolute atomic E-state index is 0.472. The van der Waals surface area contributed by atoms with Crippen LogP contribution >= 0.6 is 0 Å². The molecule has 0 aromatic heterocycles. The molecule has 4 aromatic carbocycles. The molecule has 5 rings (SSSR count). The maximum Gasteiger partial charge on any atom is 0.116 e. The van der Waals surface area contributed by atoms with Crippen molar-refractivity contribution in [3.05, 3.63) is 119 Å². The van der Waals surface area contributed by atoms with E-state index in [2.05, 4.69) is 96.8 Å². The van der Waals surface area contributed by atoms with Gasteiger partial charge in [-0.2, -0.15) is 0 Å². The van der Waals surface area contributed by atoms with Gasteiger partial charge in [0.1, 0.15) is 5.69 Å². The molecule has 0 bridgehead atoms. The Morgan fingerprint density at radius 2 is 1.64 bits per heavy atom. The summed E-state index contributed by atoms with van der Waals surface area (Å²) < 4.78 is 0. The van der Waals surface area contributed by atoms with Crippen LogP contribution in [-0.2, 0) is 0 Å². The van der Waals surface area contributed by atoms with Gasteiger partial charge >= 0.3 is 0 Å². The van der Waals surface area contributed by atoms with E-state index < -0.39 is 0 Å². The third-order valence-electron chi connectivity index (χ3n) is 6.27. The van der Waals surface area contributed by atoms with Gasteiger partial charge in [0.25, 0.3) is 0 Å². The number of hydrogen-bond acceptors (Lipinski definition) is 3. The minimum atomic E-state index is 0.472. The minimum Gasteiger partial charge on any atom is -0.314 e. The molecule has 3 nitrogen and oxygen atoms in total. The fourth-order valence-electron chi connectivity index (χ4n) is 4.57. The highest BCUT2D eigenvalue weighted by molar-refractivity contribution is 6.17. The van der Waals surface area contributed by atoms with Gasteiger partial charge in [0.05, 0.1) is 5.69 Å². The molecular weight excluding hydrogens is 404 g/mol. The topological polar surface area (TPSA) is 32.7 Å². The third-order valence-corrected chi connectivity index (χ3v) is 6.27. The highest BCUT2D eigenvalue weighted by Crippen LogP contribution is 2.43. The van der Waals surface area contributed by atoms with Gasteiger partial charge in [0.15, 0.2) is 0 Å². The van der Waals surface area contributed by atoms with Gasteiger partial charge < -0.3 is 4.90 Å². The lowest BCUT2D eigenvalue weighted by Crippen LogP contribution is -2.17. The Bertz CT molecular complexity index is 1440. The van der Waals surface area contributed by atoms with Crippen LogP contribution in [0.4, 0.5) is 17.1 Å². The van der Waals surface area contributed by atoms with Gasteiger partial charge in [-0.3, -0.25) is 0 Å². The molecule has 0 aliphatic heterocycles. The maximum atomic E-state index is 11.8. The second-order valence-corrected chi connectivity index (χ2v) is 8.59. The molecule has 0 fully saturated rings. The number of fused-ring (bicyclic) bond motifs is 3. The molecule has 0 amide bonds. The third kappa shape index (κ3) is 3.98. The quantitative estimate of drug-likeness (QED) is 0.239.